The zero-order chi connectivity index (χ0) is 15.2. The van der Waals surface area contributed by atoms with Crippen LogP contribution in [0.5, 0.6) is 5.75 Å². The Morgan fingerprint density at radius 3 is 2.52 bits per heavy atom. The summed E-state index contributed by atoms with van der Waals surface area (Å²) in [5.74, 6) is 2.77. The Morgan fingerprint density at radius 2 is 1.95 bits per heavy atom. The van der Waals surface area contributed by atoms with Crippen molar-refractivity contribution in [3.8, 4) is 17.0 Å². The van der Waals surface area contributed by atoms with Crippen LogP contribution in [0, 0.1) is 5.92 Å². The molecule has 0 saturated heterocycles. The third kappa shape index (κ3) is 4.08. The summed E-state index contributed by atoms with van der Waals surface area (Å²) < 4.78 is 5.46. The van der Waals surface area contributed by atoms with Gasteiger partial charge in [-0.05, 0) is 49.1 Å². The number of aromatic nitrogens is 2. The monoisotopic (exact) mass is 287 g/mol. The van der Waals surface area contributed by atoms with E-state index in [9.17, 15) is 0 Å². The molecule has 0 radical (unpaired) electrons. The summed E-state index contributed by atoms with van der Waals surface area (Å²) in [7, 11) is 0. The molecule has 4 heteroatoms. The fourth-order valence-corrected chi connectivity index (χ4v) is 2.48. The van der Waals surface area contributed by atoms with Gasteiger partial charge in [-0.15, -0.1) is 0 Å². The molecule has 114 valence electrons. The van der Waals surface area contributed by atoms with Crippen molar-refractivity contribution < 1.29 is 4.74 Å². The molecule has 21 heavy (non-hydrogen) atoms. The normalized spacial score (nSPS) is 12.6. The van der Waals surface area contributed by atoms with Gasteiger partial charge >= 0.3 is 0 Å². The van der Waals surface area contributed by atoms with Crippen LogP contribution >= 0.6 is 0 Å². The van der Waals surface area contributed by atoms with Crippen LogP contribution in [0.15, 0.2) is 30.5 Å². The molecule has 0 aliphatic heterocycles. The molecular weight excluding hydrogens is 262 g/mol. The van der Waals surface area contributed by atoms with Crippen LogP contribution < -0.4 is 10.5 Å². The van der Waals surface area contributed by atoms with E-state index in [1.54, 1.807) is 0 Å². The molecular formula is C17H25N3O. The van der Waals surface area contributed by atoms with E-state index in [-0.39, 0.29) is 0 Å². The summed E-state index contributed by atoms with van der Waals surface area (Å²) >= 11 is 0. The summed E-state index contributed by atoms with van der Waals surface area (Å²) in [6.07, 6.45) is 2.93. The van der Waals surface area contributed by atoms with E-state index in [0.717, 1.165) is 29.3 Å². The molecule has 0 aliphatic carbocycles. The first-order valence-corrected chi connectivity index (χ1v) is 7.62. The number of nitrogens with two attached hydrogens (primary N) is 1. The third-order valence-corrected chi connectivity index (χ3v) is 3.50. The lowest BCUT2D eigenvalue weighted by Crippen LogP contribution is -2.15. The van der Waals surface area contributed by atoms with Gasteiger partial charge in [-0.25, -0.2) is 4.98 Å². The molecule has 1 atom stereocenters. The maximum absolute atomic E-state index is 5.88. The Morgan fingerprint density at radius 1 is 1.24 bits per heavy atom. The Kier molecular flexibility index (Phi) is 5.39. The molecule has 1 heterocycles. The van der Waals surface area contributed by atoms with Crippen LogP contribution in [-0.2, 0) is 0 Å². The molecule has 4 nitrogen and oxygen atoms in total. The summed E-state index contributed by atoms with van der Waals surface area (Å²) in [6.45, 7) is 7.70. The maximum atomic E-state index is 5.88. The van der Waals surface area contributed by atoms with Crippen molar-refractivity contribution >= 4 is 0 Å². The number of hydrogen-bond donors (Lipinski definition) is 2. The van der Waals surface area contributed by atoms with E-state index in [1.807, 2.05) is 37.4 Å². The smallest absolute Gasteiger partial charge is 0.119 e. The molecule has 0 amide bonds. The van der Waals surface area contributed by atoms with Gasteiger partial charge in [0.05, 0.1) is 18.5 Å². The Bertz CT molecular complexity index is 545. The second-order valence-electron chi connectivity index (χ2n) is 5.70. The fraction of sp³-hybridized carbons (Fsp3) is 0.471. The Balaban J connectivity index is 2.14. The molecule has 2 aromatic rings. The van der Waals surface area contributed by atoms with Gasteiger partial charge < -0.3 is 15.5 Å². The second-order valence-corrected chi connectivity index (χ2v) is 5.70. The van der Waals surface area contributed by atoms with Crippen molar-refractivity contribution in [2.75, 3.05) is 13.2 Å². The zero-order valence-corrected chi connectivity index (χ0v) is 13.1. The van der Waals surface area contributed by atoms with Crippen molar-refractivity contribution in [1.82, 2.24) is 9.97 Å². The van der Waals surface area contributed by atoms with E-state index in [2.05, 4.69) is 23.8 Å². The number of hydrogen-bond acceptors (Lipinski definition) is 3. The van der Waals surface area contributed by atoms with Gasteiger partial charge in [-0.1, -0.05) is 13.8 Å². The van der Waals surface area contributed by atoms with Crippen LogP contribution in [0.2, 0.25) is 0 Å². The zero-order valence-electron chi connectivity index (χ0n) is 13.1. The molecule has 0 spiro atoms. The van der Waals surface area contributed by atoms with Crippen molar-refractivity contribution in [2.24, 2.45) is 11.7 Å². The van der Waals surface area contributed by atoms with Gasteiger partial charge in [-0.3, -0.25) is 0 Å². The van der Waals surface area contributed by atoms with Crippen molar-refractivity contribution in [3.63, 3.8) is 0 Å². The molecule has 0 aliphatic rings. The van der Waals surface area contributed by atoms with Gasteiger partial charge in [0, 0.05) is 12.5 Å². The van der Waals surface area contributed by atoms with Gasteiger partial charge in [-0.2, -0.15) is 0 Å². The van der Waals surface area contributed by atoms with E-state index in [1.165, 1.54) is 0 Å². The fourth-order valence-electron chi connectivity index (χ4n) is 2.48. The number of benzene rings is 1. The average Bonchev–Trinajstić information content (AvgIpc) is 2.95. The quantitative estimate of drug-likeness (QED) is 0.818. The SMILES string of the molecule is CCOc1ccc(-c2cnc(C(CN)CC(C)C)[nH]2)cc1. The first-order chi connectivity index (χ1) is 10.1. The highest BCUT2D eigenvalue weighted by molar-refractivity contribution is 5.59. The lowest BCUT2D eigenvalue weighted by Gasteiger charge is -2.14. The van der Waals surface area contributed by atoms with Crippen LogP contribution in [0.25, 0.3) is 11.3 Å². The number of imidazole rings is 1. The van der Waals surface area contributed by atoms with Gasteiger partial charge in [0.1, 0.15) is 11.6 Å². The van der Waals surface area contributed by atoms with Gasteiger partial charge in [0.2, 0.25) is 0 Å². The first kappa shape index (κ1) is 15.6. The van der Waals surface area contributed by atoms with E-state index >= 15 is 0 Å². The third-order valence-electron chi connectivity index (χ3n) is 3.50. The molecule has 1 unspecified atom stereocenters. The Labute approximate surface area is 126 Å². The van der Waals surface area contributed by atoms with Crippen LogP contribution in [0.1, 0.15) is 38.9 Å². The summed E-state index contributed by atoms with van der Waals surface area (Å²) in [5.41, 5.74) is 8.01. The minimum atomic E-state index is 0.293. The summed E-state index contributed by atoms with van der Waals surface area (Å²) in [6, 6.07) is 8.05. The first-order valence-electron chi connectivity index (χ1n) is 7.62. The van der Waals surface area contributed by atoms with Crippen LogP contribution in [0.4, 0.5) is 0 Å². The average molecular weight is 287 g/mol. The largest absolute Gasteiger partial charge is 0.494 e. The number of H-pyrrole nitrogens is 1. The van der Waals surface area contributed by atoms with Gasteiger partial charge in [0.25, 0.3) is 0 Å². The maximum Gasteiger partial charge on any atom is 0.119 e. The van der Waals surface area contributed by atoms with Crippen molar-refractivity contribution in [3.05, 3.63) is 36.3 Å². The number of rotatable bonds is 7. The summed E-state index contributed by atoms with van der Waals surface area (Å²) in [5, 5.41) is 0. The minimum Gasteiger partial charge on any atom is -0.494 e. The lowest BCUT2D eigenvalue weighted by molar-refractivity contribution is 0.340. The van der Waals surface area contributed by atoms with E-state index in [4.69, 9.17) is 10.5 Å². The number of nitrogens with one attached hydrogen (secondary N) is 1. The van der Waals surface area contributed by atoms with E-state index in [0.29, 0.717) is 25.0 Å². The molecule has 1 aromatic carbocycles. The van der Waals surface area contributed by atoms with Crippen LogP contribution in [-0.4, -0.2) is 23.1 Å². The highest BCUT2D eigenvalue weighted by Crippen LogP contribution is 2.25. The van der Waals surface area contributed by atoms with E-state index < -0.39 is 0 Å². The molecule has 0 bridgehead atoms. The van der Waals surface area contributed by atoms with Crippen molar-refractivity contribution in [1.29, 1.82) is 0 Å². The predicted molar refractivity (Wildman–Crippen MR) is 86.4 cm³/mol. The van der Waals surface area contributed by atoms with Crippen LogP contribution in [0.3, 0.4) is 0 Å². The molecule has 3 N–H and O–H groups in total. The highest BCUT2D eigenvalue weighted by Gasteiger charge is 2.15. The lowest BCUT2D eigenvalue weighted by atomic mass is 9.97. The highest BCUT2D eigenvalue weighted by atomic mass is 16.5. The molecule has 0 fully saturated rings. The molecule has 0 saturated carbocycles. The number of aromatic amines is 1. The standard InChI is InChI=1S/C17H25N3O/c1-4-21-15-7-5-13(6-8-15)16-11-19-17(20-16)14(10-18)9-12(2)3/h5-8,11-12,14H,4,9-10,18H2,1-3H3,(H,19,20). The number of nitrogens with zero attached hydrogens (tertiary/aromatic N) is 1. The summed E-state index contributed by atoms with van der Waals surface area (Å²) in [4.78, 5) is 7.91. The van der Waals surface area contributed by atoms with Gasteiger partial charge in [0.15, 0.2) is 0 Å². The Hall–Kier alpha value is -1.81. The van der Waals surface area contributed by atoms with Crippen molar-refractivity contribution in [2.45, 2.75) is 33.1 Å². The topological polar surface area (TPSA) is 63.9 Å². The predicted octanol–water partition coefficient (Wildman–Crippen LogP) is 3.56. The number of ether oxygens (including phenoxy) is 1. The molecule has 1 aromatic heterocycles. The molecule has 2 rings (SSSR count). The minimum absolute atomic E-state index is 0.293. The second kappa shape index (κ2) is 7.27.